The molecule has 0 unspecified atom stereocenters. The van der Waals surface area contributed by atoms with E-state index in [1.165, 1.54) is 35.1 Å². The van der Waals surface area contributed by atoms with Gasteiger partial charge in [0.25, 0.3) is 5.91 Å². The number of amides is 1. The van der Waals surface area contributed by atoms with Crippen molar-refractivity contribution >= 4 is 28.1 Å². The van der Waals surface area contributed by atoms with Gasteiger partial charge in [0.1, 0.15) is 10.8 Å². The summed E-state index contributed by atoms with van der Waals surface area (Å²) in [4.78, 5) is 28.6. The van der Waals surface area contributed by atoms with Crippen LogP contribution in [-0.4, -0.2) is 47.0 Å². The average molecular weight is 500 g/mol. The van der Waals surface area contributed by atoms with Gasteiger partial charge in [-0.05, 0) is 67.6 Å². The number of nitrogens with one attached hydrogen (secondary N) is 1. The summed E-state index contributed by atoms with van der Waals surface area (Å²) >= 11 is 1.72. The predicted molar refractivity (Wildman–Crippen MR) is 142 cm³/mol. The van der Waals surface area contributed by atoms with E-state index in [1.807, 2.05) is 30.6 Å². The number of hydrogen-bond donors (Lipinski definition) is 1. The van der Waals surface area contributed by atoms with Crippen molar-refractivity contribution in [2.45, 2.75) is 31.7 Å². The largest absolute Gasteiger partial charge is 0.459 e. The molecule has 1 atom stereocenters. The second-order valence-corrected chi connectivity index (χ2v) is 10.4. The van der Waals surface area contributed by atoms with E-state index >= 15 is 0 Å². The normalized spacial score (nSPS) is 16.9. The Hall–Kier alpha value is -3.49. The van der Waals surface area contributed by atoms with Crippen molar-refractivity contribution in [2.24, 2.45) is 0 Å². The van der Waals surface area contributed by atoms with Gasteiger partial charge in [0.05, 0.1) is 18.0 Å². The number of rotatable bonds is 6. The Balaban J connectivity index is 1.36. The van der Waals surface area contributed by atoms with Gasteiger partial charge in [-0.3, -0.25) is 14.7 Å². The molecule has 7 nitrogen and oxygen atoms in total. The third kappa shape index (κ3) is 4.54. The van der Waals surface area contributed by atoms with Crippen LogP contribution in [0.25, 0.3) is 0 Å². The lowest BCUT2D eigenvalue weighted by molar-refractivity contribution is 0.0996. The first-order valence-electron chi connectivity index (χ1n) is 12.6. The molecule has 1 aliphatic heterocycles. The third-order valence-electron chi connectivity index (χ3n) is 7.08. The van der Waals surface area contributed by atoms with Crippen LogP contribution in [0, 0.1) is 0 Å². The molecular weight excluding hydrogens is 470 g/mol. The number of nitrogens with zero attached hydrogens (tertiary/aromatic N) is 4. The zero-order valence-corrected chi connectivity index (χ0v) is 20.9. The van der Waals surface area contributed by atoms with Gasteiger partial charge in [-0.25, -0.2) is 4.98 Å². The maximum Gasteiger partial charge on any atom is 0.291 e. The van der Waals surface area contributed by atoms with E-state index < -0.39 is 0 Å². The number of pyridine rings is 2. The first kappa shape index (κ1) is 22.9. The van der Waals surface area contributed by atoms with Crippen LogP contribution in [-0.2, 0) is 12.8 Å². The molecule has 1 aliphatic carbocycles. The molecule has 1 N–H and O–H groups in total. The van der Waals surface area contributed by atoms with Crippen LogP contribution in [0.5, 0.6) is 0 Å². The number of carbonyl (C=O) groups excluding carboxylic acids is 1. The average Bonchev–Trinajstić information content (AvgIpc) is 3.60. The van der Waals surface area contributed by atoms with Crippen LogP contribution >= 0.6 is 11.3 Å². The molecule has 8 heteroatoms. The number of piperazine rings is 1. The lowest BCUT2D eigenvalue weighted by Gasteiger charge is -2.40. The van der Waals surface area contributed by atoms with Crippen molar-refractivity contribution in [1.29, 1.82) is 0 Å². The summed E-state index contributed by atoms with van der Waals surface area (Å²) in [5, 5.41) is 4.13. The third-order valence-corrected chi connectivity index (χ3v) is 8.30. The van der Waals surface area contributed by atoms with E-state index in [2.05, 4.69) is 38.3 Å². The van der Waals surface area contributed by atoms with Gasteiger partial charge in [-0.15, -0.1) is 11.3 Å². The van der Waals surface area contributed by atoms with Gasteiger partial charge < -0.3 is 14.6 Å². The number of aromatic nitrogens is 2. The number of anilines is 2. The van der Waals surface area contributed by atoms with Crippen LogP contribution in [0.3, 0.4) is 0 Å². The molecule has 4 aromatic rings. The molecule has 2 aliphatic rings. The highest BCUT2D eigenvalue weighted by atomic mass is 32.1. The molecule has 0 bridgehead atoms. The minimum Gasteiger partial charge on any atom is -0.459 e. The highest BCUT2D eigenvalue weighted by Gasteiger charge is 2.34. The summed E-state index contributed by atoms with van der Waals surface area (Å²) in [5.74, 6) is 1.14. The molecule has 184 valence electrons. The summed E-state index contributed by atoms with van der Waals surface area (Å²) in [6, 6.07) is 15.6. The van der Waals surface area contributed by atoms with Gasteiger partial charge in [0.2, 0.25) is 0 Å². The number of hydrogen-bond acceptors (Lipinski definition) is 7. The molecule has 5 heterocycles. The van der Waals surface area contributed by atoms with Crippen molar-refractivity contribution in [3.05, 3.63) is 94.6 Å². The van der Waals surface area contributed by atoms with Gasteiger partial charge >= 0.3 is 0 Å². The fourth-order valence-electron chi connectivity index (χ4n) is 5.35. The van der Waals surface area contributed by atoms with Crippen molar-refractivity contribution in [1.82, 2.24) is 14.9 Å². The predicted octanol–water partition coefficient (Wildman–Crippen LogP) is 5.17. The first-order chi connectivity index (χ1) is 17.8. The summed E-state index contributed by atoms with van der Waals surface area (Å²) in [7, 11) is 0. The summed E-state index contributed by atoms with van der Waals surface area (Å²) in [6.45, 7) is 3.55. The fraction of sp³-hybridized carbons (Fsp3) is 0.321. The van der Waals surface area contributed by atoms with E-state index in [4.69, 9.17) is 9.40 Å². The Morgan fingerprint density at radius 1 is 0.944 bits per heavy atom. The lowest BCUT2D eigenvalue weighted by Crippen LogP contribution is -2.48. The van der Waals surface area contributed by atoms with E-state index in [-0.39, 0.29) is 11.9 Å². The summed E-state index contributed by atoms with van der Waals surface area (Å²) < 4.78 is 5.38. The minimum atomic E-state index is -0.209. The van der Waals surface area contributed by atoms with Crippen molar-refractivity contribution in [3.63, 3.8) is 0 Å². The highest BCUT2D eigenvalue weighted by Crippen LogP contribution is 2.45. The van der Waals surface area contributed by atoms with Crippen LogP contribution in [0.2, 0.25) is 0 Å². The highest BCUT2D eigenvalue weighted by molar-refractivity contribution is 7.16. The molecule has 36 heavy (non-hydrogen) atoms. The Kier molecular flexibility index (Phi) is 6.53. The maximum atomic E-state index is 13.0. The van der Waals surface area contributed by atoms with E-state index in [0.29, 0.717) is 5.76 Å². The Morgan fingerprint density at radius 2 is 1.75 bits per heavy atom. The van der Waals surface area contributed by atoms with E-state index in [0.717, 1.165) is 55.5 Å². The number of aryl methyl sites for hydroxylation is 1. The molecule has 0 radical (unpaired) electrons. The standard InChI is InChI=1S/C28H29N5O2S/c34-27(22-10-7-19-35-22)31-28-25(20-8-1-2-11-23(20)36-28)26(21-9-3-5-13-29-21)33-17-15-32(16-18-33)24-12-4-6-14-30-24/h3-7,9-10,12-14,19,26H,1-2,8,11,15-18H2,(H,31,34)/t26-/m1/s1. The molecule has 0 saturated carbocycles. The SMILES string of the molecule is O=C(Nc1sc2c(c1[C@@H](c1ccccn1)N1CCN(c3ccccn3)CC1)CCCC2)c1ccco1. The molecule has 1 fully saturated rings. The van der Waals surface area contributed by atoms with Crippen LogP contribution in [0.15, 0.2) is 71.6 Å². The zero-order chi connectivity index (χ0) is 24.3. The zero-order valence-electron chi connectivity index (χ0n) is 20.1. The summed E-state index contributed by atoms with van der Waals surface area (Å²) in [5.41, 5.74) is 3.62. The topological polar surface area (TPSA) is 74.5 Å². The monoisotopic (exact) mass is 499 g/mol. The van der Waals surface area contributed by atoms with Crippen LogP contribution in [0.4, 0.5) is 10.8 Å². The van der Waals surface area contributed by atoms with E-state index in [1.54, 1.807) is 23.5 Å². The van der Waals surface area contributed by atoms with E-state index in [9.17, 15) is 4.79 Å². The van der Waals surface area contributed by atoms with Crippen molar-refractivity contribution in [2.75, 3.05) is 36.4 Å². The number of furan rings is 1. The Bertz CT molecular complexity index is 1300. The van der Waals surface area contributed by atoms with Crippen molar-refractivity contribution in [3.8, 4) is 0 Å². The minimum absolute atomic E-state index is 0.0258. The number of carbonyl (C=O) groups is 1. The smallest absolute Gasteiger partial charge is 0.291 e. The Labute approximate surface area is 214 Å². The van der Waals surface area contributed by atoms with Crippen LogP contribution < -0.4 is 10.2 Å². The molecular formula is C28H29N5O2S. The summed E-state index contributed by atoms with van der Waals surface area (Å²) in [6.07, 6.45) is 9.71. The lowest BCUT2D eigenvalue weighted by atomic mass is 9.90. The molecule has 1 amide bonds. The molecule has 0 aromatic carbocycles. The fourth-order valence-corrected chi connectivity index (χ4v) is 6.67. The van der Waals surface area contributed by atoms with Gasteiger partial charge in [-0.1, -0.05) is 12.1 Å². The number of thiophene rings is 1. The quantitative estimate of drug-likeness (QED) is 0.394. The molecule has 6 rings (SSSR count). The van der Waals surface area contributed by atoms with Gasteiger partial charge in [0.15, 0.2) is 5.76 Å². The molecule has 4 aromatic heterocycles. The molecule has 1 saturated heterocycles. The van der Waals surface area contributed by atoms with Gasteiger partial charge in [-0.2, -0.15) is 0 Å². The first-order valence-corrected chi connectivity index (χ1v) is 13.4. The molecule has 0 spiro atoms. The Morgan fingerprint density at radius 3 is 2.47 bits per heavy atom. The maximum absolute atomic E-state index is 13.0. The van der Waals surface area contributed by atoms with Crippen LogP contribution in [0.1, 0.15) is 51.1 Å². The number of fused-ring (bicyclic) bond motifs is 1. The van der Waals surface area contributed by atoms with Crippen molar-refractivity contribution < 1.29 is 9.21 Å². The van der Waals surface area contributed by atoms with Gasteiger partial charge in [0, 0.05) is 49.0 Å². The second-order valence-electron chi connectivity index (χ2n) is 9.25. The second kappa shape index (κ2) is 10.2.